The molecule has 0 atom stereocenters. The lowest BCUT2D eigenvalue weighted by Gasteiger charge is -2.15. The van der Waals surface area contributed by atoms with E-state index in [1.807, 2.05) is 25.1 Å². The second-order valence-electron chi connectivity index (χ2n) is 3.72. The number of nitrogens with zero attached hydrogens (tertiary/aromatic N) is 1. The molecule has 1 N–H and O–H groups in total. The van der Waals surface area contributed by atoms with Crippen molar-refractivity contribution in [3.63, 3.8) is 0 Å². The van der Waals surface area contributed by atoms with E-state index in [1.54, 1.807) is 7.11 Å². The molecule has 1 aromatic rings. The van der Waals surface area contributed by atoms with Crippen LogP contribution in [-0.4, -0.2) is 32.9 Å². The third-order valence-corrected chi connectivity index (χ3v) is 2.39. The first-order valence-corrected chi connectivity index (χ1v) is 5.14. The molecule has 0 amide bonds. The zero-order valence-corrected chi connectivity index (χ0v) is 9.66. The average molecular weight is 209 g/mol. The molecule has 0 aliphatic carbocycles. The van der Waals surface area contributed by atoms with Crippen molar-refractivity contribution >= 4 is 5.69 Å². The number of methoxy groups -OCH3 is 1. The zero-order valence-electron chi connectivity index (χ0n) is 9.66. The summed E-state index contributed by atoms with van der Waals surface area (Å²) in [4.78, 5) is 2.04. The summed E-state index contributed by atoms with van der Waals surface area (Å²) < 4.78 is 5.32. The predicted octanol–water partition coefficient (Wildman–Crippen LogP) is 1.69. The highest BCUT2D eigenvalue weighted by atomic mass is 16.5. The fourth-order valence-electron chi connectivity index (χ4n) is 1.49. The minimum atomic E-state index is 0.221. The molecule has 0 bridgehead atoms. The SMILES string of the molecule is COc1cc(N(C)C)ccc1CCCO. The highest BCUT2D eigenvalue weighted by molar-refractivity contribution is 5.52. The van der Waals surface area contributed by atoms with Gasteiger partial charge >= 0.3 is 0 Å². The van der Waals surface area contributed by atoms with Crippen LogP contribution in [0.5, 0.6) is 5.75 Å². The molecule has 0 heterocycles. The number of aliphatic hydroxyl groups excluding tert-OH is 1. The van der Waals surface area contributed by atoms with Crippen molar-refractivity contribution in [1.82, 2.24) is 0 Å². The van der Waals surface area contributed by atoms with E-state index in [0.29, 0.717) is 0 Å². The quantitative estimate of drug-likeness (QED) is 0.801. The van der Waals surface area contributed by atoms with Gasteiger partial charge in [0.15, 0.2) is 0 Å². The van der Waals surface area contributed by atoms with Gasteiger partial charge in [-0.2, -0.15) is 0 Å². The fourth-order valence-corrected chi connectivity index (χ4v) is 1.49. The molecule has 0 saturated carbocycles. The Morgan fingerprint density at radius 2 is 2.07 bits per heavy atom. The van der Waals surface area contributed by atoms with Gasteiger partial charge in [-0.25, -0.2) is 0 Å². The zero-order chi connectivity index (χ0) is 11.3. The largest absolute Gasteiger partial charge is 0.496 e. The molecule has 0 aliphatic heterocycles. The average Bonchev–Trinajstić information content (AvgIpc) is 2.25. The summed E-state index contributed by atoms with van der Waals surface area (Å²) in [5.41, 5.74) is 2.27. The normalized spacial score (nSPS) is 10.1. The Hall–Kier alpha value is -1.22. The molecule has 3 nitrogen and oxygen atoms in total. The molecule has 1 aromatic carbocycles. The van der Waals surface area contributed by atoms with Gasteiger partial charge < -0.3 is 14.7 Å². The van der Waals surface area contributed by atoms with Gasteiger partial charge in [0.05, 0.1) is 7.11 Å². The number of anilines is 1. The number of rotatable bonds is 5. The van der Waals surface area contributed by atoms with Crippen molar-refractivity contribution in [3.05, 3.63) is 23.8 Å². The lowest BCUT2D eigenvalue weighted by Crippen LogP contribution is -2.09. The number of aryl methyl sites for hydroxylation is 1. The molecule has 0 spiro atoms. The van der Waals surface area contributed by atoms with E-state index in [1.165, 1.54) is 0 Å². The van der Waals surface area contributed by atoms with E-state index in [0.717, 1.165) is 29.8 Å². The standard InChI is InChI=1S/C12H19NO2/c1-13(2)11-7-6-10(5-4-8-14)12(9-11)15-3/h6-7,9,14H,4-5,8H2,1-3H3. The number of hydrogen-bond donors (Lipinski definition) is 1. The Kier molecular flexibility index (Phi) is 4.43. The molecule has 84 valence electrons. The van der Waals surface area contributed by atoms with Gasteiger partial charge in [-0.15, -0.1) is 0 Å². The van der Waals surface area contributed by atoms with Crippen LogP contribution < -0.4 is 9.64 Å². The van der Waals surface area contributed by atoms with Crippen LogP contribution in [0.4, 0.5) is 5.69 Å². The molecule has 0 fully saturated rings. The third kappa shape index (κ3) is 3.13. The summed E-state index contributed by atoms with van der Waals surface area (Å²) in [5.74, 6) is 0.898. The van der Waals surface area contributed by atoms with E-state index < -0.39 is 0 Å². The Balaban J connectivity index is 2.88. The maximum absolute atomic E-state index is 8.78. The fraction of sp³-hybridized carbons (Fsp3) is 0.500. The van der Waals surface area contributed by atoms with Crippen molar-refractivity contribution in [1.29, 1.82) is 0 Å². The van der Waals surface area contributed by atoms with Crippen molar-refractivity contribution in [2.24, 2.45) is 0 Å². The lowest BCUT2D eigenvalue weighted by atomic mass is 10.1. The van der Waals surface area contributed by atoms with Crippen LogP contribution in [0.3, 0.4) is 0 Å². The first kappa shape index (κ1) is 11.9. The van der Waals surface area contributed by atoms with Gasteiger partial charge in [-0.1, -0.05) is 6.07 Å². The summed E-state index contributed by atoms with van der Waals surface area (Å²) in [6.45, 7) is 0.221. The maximum atomic E-state index is 8.78. The molecule has 15 heavy (non-hydrogen) atoms. The summed E-state index contributed by atoms with van der Waals surface area (Å²) in [5, 5.41) is 8.78. The predicted molar refractivity (Wildman–Crippen MR) is 62.7 cm³/mol. The highest BCUT2D eigenvalue weighted by Crippen LogP contribution is 2.25. The summed E-state index contributed by atoms with van der Waals surface area (Å²) in [6.07, 6.45) is 1.63. The molecule has 3 heteroatoms. The number of benzene rings is 1. The molecule has 0 radical (unpaired) electrons. The molecule has 0 saturated heterocycles. The van der Waals surface area contributed by atoms with Gasteiger partial charge in [0.25, 0.3) is 0 Å². The van der Waals surface area contributed by atoms with E-state index in [4.69, 9.17) is 9.84 Å². The summed E-state index contributed by atoms with van der Waals surface area (Å²) in [6, 6.07) is 6.14. The third-order valence-electron chi connectivity index (χ3n) is 2.39. The van der Waals surface area contributed by atoms with Gasteiger partial charge in [0.2, 0.25) is 0 Å². The molecule has 1 rings (SSSR count). The van der Waals surface area contributed by atoms with Crippen LogP contribution in [0, 0.1) is 0 Å². The Morgan fingerprint density at radius 1 is 1.33 bits per heavy atom. The van der Waals surface area contributed by atoms with Crippen LogP contribution in [0.1, 0.15) is 12.0 Å². The smallest absolute Gasteiger partial charge is 0.124 e. The van der Waals surface area contributed by atoms with E-state index >= 15 is 0 Å². The van der Waals surface area contributed by atoms with Gasteiger partial charge in [-0.05, 0) is 24.5 Å². The second-order valence-corrected chi connectivity index (χ2v) is 3.72. The maximum Gasteiger partial charge on any atom is 0.124 e. The molecular formula is C12H19NO2. The van der Waals surface area contributed by atoms with Gasteiger partial charge in [0.1, 0.15) is 5.75 Å². The minimum Gasteiger partial charge on any atom is -0.496 e. The van der Waals surface area contributed by atoms with Crippen LogP contribution >= 0.6 is 0 Å². The highest BCUT2D eigenvalue weighted by Gasteiger charge is 2.05. The topological polar surface area (TPSA) is 32.7 Å². The Bertz CT molecular complexity index is 310. The van der Waals surface area contributed by atoms with Crippen molar-refractivity contribution < 1.29 is 9.84 Å². The lowest BCUT2D eigenvalue weighted by molar-refractivity contribution is 0.287. The second kappa shape index (κ2) is 5.61. The van der Waals surface area contributed by atoms with Gasteiger partial charge in [0, 0.05) is 32.5 Å². The number of ether oxygens (including phenoxy) is 1. The van der Waals surface area contributed by atoms with E-state index in [2.05, 4.69) is 12.1 Å². The molecular weight excluding hydrogens is 190 g/mol. The Labute approximate surface area is 91.3 Å². The van der Waals surface area contributed by atoms with Crippen molar-refractivity contribution in [2.75, 3.05) is 32.7 Å². The summed E-state index contributed by atoms with van der Waals surface area (Å²) in [7, 11) is 5.68. The van der Waals surface area contributed by atoms with Crippen LogP contribution in [0.25, 0.3) is 0 Å². The number of hydrogen-bond acceptors (Lipinski definition) is 3. The molecule has 0 unspecified atom stereocenters. The Morgan fingerprint density at radius 3 is 2.60 bits per heavy atom. The number of aliphatic hydroxyl groups is 1. The van der Waals surface area contributed by atoms with Crippen LogP contribution in [-0.2, 0) is 6.42 Å². The summed E-state index contributed by atoms with van der Waals surface area (Å²) >= 11 is 0. The van der Waals surface area contributed by atoms with Crippen molar-refractivity contribution in [3.8, 4) is 5.75 Å². The van der Waals surface area contributed by atoms with E-state index in [9.17, 15) is 0 Å². The minimum absolute atomic E-state index is 0.221. The van der Waals surface area contributed by atoms with E-state index in [-0.39, 0.29) is 6.61 Å². The van der Waals surface area contributed by atoms with Crippen LogP contribution in [0.15, 0.2) is 18.2 Å². The van der Waals surface area contributed by atoms with Gasteiger partial charge in [-0.3, -0.25) is 0 Å². The first-order valence-electron chi connectivity index (χ1n) is 5.14. The van der Waals surface area contributed by atoms with Crippen LogP contribution in [0.2, 0.25) is 0 Å². The first-order chi connectivity index (χ1) is 7.19. The van der Waals surface area contributed by atoms with Crippen molar-refractivity contribution in [2.45, 2.75) is 12.8 Å². The monoisotopic (exact) mass is 209 g/mol. The molecule has 0 aliphatic rings. The molecule has 0 aromatic heterocycles.